The average molecular weight is 295 g/mol. The van der Waals surface area contributed by atoms with E-state index in [0.29, 0.717) is 16.6 Å². The molecule has 0 aliphatic heterocycles. The van der Waals surface area contributed by atoms with Crippen LogP contribution in [-0.2, 0) is 0 Å². The minimum atomic E-state index is 0.624. The largest absolute Gasteiger partial charge is 0.379 e. The van der Waals surface area contributed by atoms with Crippen LogP contribution in [0, 0.1) is 6.92 Å². The summed E-state index contributed by atoms with van der Waals surface area (Å²) in [6.07, 6.45) is 0. The Kier molecular flexibility index (Phi) is 4.30. The first kappa shape index (κ1) is 11.9. The minimum absolute atomic E-state index is 0.624. The van der Waals surface area contributed by atoms with E-state index in [4.69, 9.17) is 23.2 Å². The summed E-state index contributed by atoms with van der Waals surface area (Å²) < 4.78 is 0.866. The zero-order chi connectivity index (χ0) is 10.7. The Hall–Kier alpha value is -0.180. The van der Waals surface area contributed by atoms with Crippen LogP contribution in [0.3, 0.4) is 0 Å². The summed E-state index contributed by atoms with van der Waals surface area (Å²) in [5.41, 5.74) is 1.79. The third kappa shape index (κ3) is 3.19. The molecule has 0 saturated heterocycles. The van der Waals surface area contributed by atoms with Crippen molar-refractivity contribution in [3.8, 4) is 0 Å². The van der Waals surface area contributed by atoms with Gasteiger partial charge in [-0.15, -0.1) is 0 Å². The van der Waals surface area contributed by atoms with Gasteiger partial charge in [-0.05, 0) is 24.6 Å². The Balaban J connectivity index is 2.87. The van der Waals surface area contributed by atoms with Crippen LogP contribution < -0.4 is 5.32 Å². The molecule has 0 bridgehead atoms. The first-order chi connectivity index (χ1) is 6.50. The van der Waals surface area contributed by atoms with Gasteiger partial charge >= 0.3 is 0 Å². The topological polar surface area (TPSA) is 12.0 Å². The van der Waals surface area contributed by atoms with Crippen LogP contribution in [0.15, 0.2) is 23.2 Å². The van der Waals surface area contributed by atoms with E-state index in [9.17, 15) is 0 Å². The highest BCUT2D eigenvalue weighted by Gasteiger charge is 2.03. The predicted molar refractivity (Wildman–Crippen MR) is 67.8 cm³/mol. The van der Waals surface area contributed by atoms with Crippen molar-refractivity contribution >= 4 is 44.8 Å². The first-order valence-corrected chi connectivity index (χ1v) is 5.58. The van der Waals surface area contributed by atoms with Gasteiger partial charge in [0, 0.05) is 16.0 Å². The molecule has 1 aromatic rings. The summed E-state index contributed by atoms with van der Waals surface area (Å²) in [5.74, 6) is 0. The molecule has 0 aliphatic rings. The zero-order valence-electron chi connectivity index (χ0n) is 7.70. The Morgan fingerprint density at radius 1 is 1.43 bits per heavy atom. The molecule has 0 aliphatic carbocycles. The fourth-order valence-corrected chi connectivity index (χ4v) is 1.56. The predicted octanol–water partition coefficient (Wildman–Crippen LogP) is 4.62. The maximum absolute atomic E-state index is 6.02. The van der Waals surface area contributed by atoms with Gasteiger partial charge in [0.1, 0.15) is 0 Å². The van der Waals surface area contributed by atoms with Crippen LogP contribution >= 0.6 is 39.1 Å². The highest BCUT2D eigenvalue weighted by atomic mass is 79.9. The molecule has 0 atom stereocenters. The van der Waals surface area contributed by atoms with Gasteiger partial charge in [-0.3, -0.25) is 0 Å². The maximum atomic E-state index is 6.02. The van der Waals surface area contributed by atoms with Gasteiger partial charge in [-0.2, -0.15) is 0 Å². The van der Waals surface area contributed by atoms with Crippen molar-refractivity contribution in [2.45, 2.75) is 6.92 Å². The van der Waals surface area contributed by atoms with Crippen molar-refractivity contribution in [3.63, 3.8) is 0 Å². The van der Waals surface area contributed by atoms with Gasteiger partial charge in [-0.1, -0.05) is 45.7 Å². The zero-order valence-corrected chi connectivity index (χ0v) is 10.8. The smallest absolute Gasteiger partial charge is 0.0641 e. The van der Waals surface area contributed by atoms with Crippen LogP contribution in [0.5, 0.6) is 0 Å². The van der Waals surface area contributed by atoms with Gasteiger partial charge in [-0.25, -0.2) is 0 Å². The molecule has 0 fully saturated rings. The maximum Gasteiger partial charge on any atom is 0.0641 e. The third-order valence-corrected chi connectivity index (χ3v) is 2.72. The van der Waals surface area contributed by atoms with E-state index in [2.05, 4.69) is 27.8 Å². The van der Waals surface area contributed by atoms with Crippen molar-refractivity contribution < 1.29 is 0 Å². The highest BCUT2D eigenvalue weighted by molar-refractivity contribution is 9.11. The molecule has 1 rings (SSSR count). The number of aryl methyl sites for hydroxylation is 1. The lowest BCUT2D eigenvalue weighted by atomic mass is 10.2. The minimum Gasteiger partial charge on any atom is -0.379 e. The summed E-state index contributed by atoms with van der Waals surface area (Å²) in [7, 11) is 0. The summed E-state index contributed by atoms with van der Waals surface area (Å²) in [6.45, 7) is 6.26. The van der Waals surface area contributed by atoms with Crippen molar-refractivity contribution in [2.75, 3.05) is 11.9 Å². The molecule has 1 aromatic carbocycles. The van der Waals surface area contributed by atoms with E-state index >= 15 is 0 Å². The lowest BCUT2D eigenvalue weighted by Gasteiger charge is -2.09. The van der Waals surface area contributed by atoms with Crippen LogP contribution in [0.25, 0.3) is 0 Å². The Morgan fingerprint density at radius 2 is 2.07 bits per heavy atom. The van der Waals surface area contributed by atoms with Gasteiger partial charge in [0.2, 0.25) is 0 Å². The number of anilines is 1. The molecule has 0 radical (unpaired) electrons. The Labute approximate surface area is 102 Å². The SMILES string of the molecule is C=C(Br)CNc1cc(Cl)c(C)cc1Cl. The number of nitrogens with one attached hydrogen (secondary N) is 1. The number of rotatable bonds is 3. The van der Waals surface area contributed by atoms with Crippen molar-refractivity contribution in [1.29, 1.82) is 0 Å². The average Bonchev–Trinajstić information content (AvgIpc) is 2.09. The van der Waals surface area contributed by atoms with Crippen LogP contribution in [-0.4, -0.2) is 6.54 Å². The molecule has 0 unspecified atom stereocenters. The Bertz CT molecular complexity index is 363. The second kappa shape index (κ2) is 5.06. The number of hydrogen-bond acceptors (Lipinski definition) is 1. The fourth-order valence-electron chi connectivity index (χ4n) is 0.973. The third-order valence-electron chi connectivity index (χ3n) is 1.72. The van der Waals surface area contributed by atoms with Gasteiger partial charge in [0.05, 0.1) is 10.7 Å². The summed E-state index contributed by atoms with van der Waals surface area (Å²) in [5, 5.41) is 4.49. The molecule has 0 saturated carbocycles. The Morgan fingerprint density at radius 3 is 2.64 bits per heavy atom. The highest BCUT2D eigenvalue weighted by Crippen LogP contribution is 2.28. The molecule has 0 aromatic heterocycles. The van der Waals surface area contributed by atoms with Crippen molar-refractivity contribution in [2.24, 2.45) is 0 Å². The monoisotopic (exact) mass is 293 g/mol. The second-order valence-corrected chi connectivity index (χ2v) is 4.89. The molecule has 0 heterocycles. The van der Waals surface area contributed by atoms with E-state index in [-0.39, 0.29) is 0 Å². The molecular weight excluding hydrogens is 285 g/mol. The molecule has 14 heavy (non-hydrogen) atoms. The van der Waals surface area contributed by atoms with Gasteiger partial charge in [0.25, 0.3) is 0 Å². The second-order valence-electron chi connectivity index (χ2n) is 2.95. The van der Waals surface area contributed by atoms with Gasteiger partial charge < -0.3 is 5.32 Å². The molecule has 0 amide bonds. The normalized spacial score (nSPS) is 10.0. The van der Waals surface area contributed by atoms with Crippen LogP contribution in [0.4, 0.5) is 5.69 Å². The van der Waals surface area contributed by atoms with E-state index in [1.165, 1.54) is 0 Å². The molecule has 0 spiro atoms. The molecule has 1 N–H and O–H groups in total. The van der Waals surface area contributed by atoms with Gasteiger partial charge in [0.15, 0.2) is 0 Å². The van der Waals surface area contributed by atoms with Crippen LogP contribution in [0.2, 0.25) is 10.0 Å². The molecular formula is C10H10BrCl2N. The fraction of sp³-hybridized carbons (Fsp3) is 0.200. The number of hydrogen-bond donors (Lipinski definition) is 1. The standard InChI is InChI=1S/C10H10BrCl2N/c1-6-3-9(13)10(4-8(6)12)14-5-7(2)11/h3-4,14H,2,5H2,1H3. The lowest BCUT2D eigenvalue weighted by molar-refractivity contribution is 1.32. The summed E-state index contributed by atoms with van der Waals surface area (Å²) in [6, 6.07) is 3.65. The van der Waals surface area contributed by atoms with E-state index in [0.717, 1.165) is 15.7 Å². The molecule has 76 valence electrons. The number of benzene rings is 1. The van der Waals surface area contributed by atoms with E-state index in [1.54, 1.807) is 0 Å². The molecule has 4 heteroatoms. The first-order valence-electron chi connectivity index (χ1n) is 4.03. The van der Waals surface area contributed by atoms with E-state index in [1.807, 2.05) is 19.1 Å². The molecule has 1 nitrogen and oxygen atoms in total. The van der Waals surface area contributed by atoms with Crippen molar-refractivity contribution in [3.05, 3.63) is 38.8 Å². The van der Waals surface area contributed by atoms with Crippen LogP contribution in [0.1, 0.15) is 5.56 Å². The summed E-state index contributed by atoms with van der Waals surface area (Å²) in [4.78, 5) is 0. The van der Waals surface area contributed by atoms with Crippen molar-refractivity contribution in [1.82, 2.24) is 0 Å². The number of halogens is 3. The quantitative estimate of drug-likeness (QED) is 0.857. The summed E-state index contributed by atoms with van der Waals surface area (Å²) >= 11 is 15.2. The lowest BCUT2D eigenvalue weighted by Crippen LogP contribution is -2.01. The van der Waals surface area contributed by atoms with E-state index < -0.39 is 0 Å².